The SMILES string of the molecule is CCC(=O)CCCCCC(NC(=O)CCCC(=O)c1ccccc1)C(=O)NCCN1CCc2ccccc21. The van der Waals surface area contributed by atoms with Crippen molar-refractivity contribution in [2.24, 2.45) is 0 Å². The maximum atomic E-state index is 13.0. The highest BCUT2D eigenvalue weighted by Crippen LogP contribution is 2.26. The summed E-state index contributed by atoms with van der Waals surface area (Å²) in [4.78, 5) is 51.8. The number of rotatable bonds is 17. The van der Waals surface area contributed by atoms with Crippen LogP contribution in [0.25, 0.3) is 0 Å². The van der Waals surface area contributed by atoms with Crippen molar-refractivity contribution in [3.05, 3.63) is 65.7 Å². The number of anilines is 1. The monoisotopic (exact) mass is 519 g/mol. The van der Waals surface area contributed by atoms with E-state index in [1.165, 1.54) is 11.3 Å². The van der Waals surface area contributed by atoms with Gasteiger partial charge in [0, 0.05) is 56.6 Å². The fourth-order valence-corrected chi connectivity index (χ4v) is 4.81. The van der Waals surface area contributed by atoms with Crippen LogP contribution in [0.2, 0.25) is 0 Å². The molecule has 2 aromatic carbocycles. The molecule has 0 fully saturated rings. The molecular weight excluding hydrogens is 478 g/mol. The van der Waals surface area contributed by atoms with Crippen LogP contribution in [-0.2, 0) is 20.8 Å². The lowest BCUT2D eigenvalue weighted by atomic mass is 10.0. The standard InChI is InChI=1S/C31H41N3O4/c1-2-26(35)15-7-4-8-16-27(33-30(37)19-11-18-29(36)25-13-5-3-6-14-25)31(38)32-21-23-34-22-20-24-12-9-10-17-28(24)34/h3,5-6,9-10,12-14,17,27H,2,4,7-8,11,15-16,18-23H2,1H3,(H,32,38)(H,33,37). The van der Waals surface area contributed by atoms with Crippen LogP contribution in [0.5, 0.6) is 0 Å². The molecule has 3 rings (SSSR count). The number of Topliss-reactive ketones (excluding diaryl/α,β-unsaturated/α-hetero) is 2. The van der Waals surface area contributed by atoms with Gasteiger partial charge in [0.15, 0.2) is 5.78 Å². The fourth-order valence-electron chi connectivity index (χ4n) is 4.81. The molecule has 0 saturated carbocycles. The Morgan fingerprint density at radius 2 is 1.63 bits per heavy atom. The number of benzene rings is 2. The number of carbonyl (C=O) groups is 4. The zero-order valence-electron chi connectivity index (χ0n) is 22.5. The largest absolute Gasteiger partial charge is 0.369 e. The summed E-state index contributed by atoms with van der Waals surface area (Å²) in [5.74, 6) is -0.143. The lowest BCUT2D eigenvalue weighted by Crippen LogP contribution is -2.48. The number of para-hydroxylation sites is 1. The maximum Gasteiger partial charge on any atom is 0.242 e. The smallest absolute Gasteiger partial charge is 0.242 e. The van der Waals surface area contributed by atoms with Gasteiger partial charge in [-0.05, 0) is 37.3 Å². The molecule has 1 unspecified atom stereocenters. The van der Waals surface area contributed by atoms with E-state index in [9.17, 15) is 19.2 Å². The molecule has 1 aliphatic heterocycles. The van der Waals surface area contributed by atoms with Gasteiger partial charge in [-0.2, -0.15) is 0 Å². The quantitative estimate of drug-likeness (QED) is 0.235. The third kappa shape index (κ3) is 9.43. The average Bonchev–Trinajstić information content (AvgIpc) is 3.35. The van der Waals surface area contributed by atoms with Crippen LogP contribution >= 0.6 is 0 Å². The minimum Gasteiger partial charge on any atom is -0.369 e. The van der Waals surface area contributed by atoms with Crippen molar-refractivity contribution in [1.82, 2.24) is 10.6 Å². The average molecular weight is 520 g/mol. The highest BCUT2D eigenvalue weighted by Gasteiger charge is 2.22. The van der Waals surface area contributed by atoms with Gasteiger partial charge in [-0.25, -0.2) is 0 Å². The molecule has 7 nitrogen and oxygen atoms in total. The number of ketones is 2. The minimum absolute atomic E-state index is 0.0119. The molecule has 0 saturated heterocycles. The van der Waals surface area contributed by atoms with E-state index < -0.39 is 6.04 Å². The first kappa shape index (κ1) is 29.1. The number of nitrogens with zero attached hydrogens (tertiary/aromatic N) is 1. The fraction of sp³-hybridized carbons (Fsp3) is 0.484. The van der Waals surface area contributed by atoms with Crippen molar-refractivity contribution >= 4 is 29.1 Å². The van der Waals surface area contributed by atoms with Crippen molar-refractivity contribution in [3.63, 3.8) is 0 Å². The summed E-state index contributed by atoms with van der Waals surface area (Å²) in [6.07, 6.45) is 5.94. The number of amides is 2. The Hall–Kier alpha value is -3.48. The Kier molecular flexibility index (Phi) is 12.0. The molecule has 1 aliphatic rings. The Labute approximate surface area is 226 Å². The molecule has 204 valence electrons. The van der Waals surface area contributed by atoms with Crippen LogP contribution in [0.4, 0.5) is 5.69 Å². The Balaban J connectivity index is 1.45. The molecule has 0 spiro atoms. The van der Waals surface area contributed by atoms with Gasteiger partial charge in [-0.3, -0.25) is 19.2 Å². The van der Waals surface area contributed by atoms with Gasteiger partial charge in [0.05, 0.1) is 0 Å². The molecule has 7 heteroatoms. The van der Waals surface area contributed by atoms with Gasteiger partial charge in [-0.1, -0.05) is 68.3 Å². The molecule has 1 heterocycles. The number of fused-ring (bicyclic) bond motifs is 1. The first-order valence-corrected chi connectivity index (χ1v) is 14.0. The van der Waals surface area contributed by atoms with E-state index in [0.717, 1.165) is 32.2 Å². The Morgan fingerprint density at radius 1 is 0.868 bits per heavy atom. The van der Waals surface area contributed by atoms with Crippen molar-refractivity contribution < 1.29 is 19.2 Å². The summed E-state index contributed by atoms with van der Waals surface area (Å²) in [6, 6.07) is 16.8. The normalized spacial score (nSPS) is 13.0. The number of unbranched alkanes of at least 4 members (excludes halogenated alkanes) is 2. The molecular formula is C31H41N3O4. The van der Waals surface area contributed by atoms with Crippen molar-refractivity contribution in [2.75, 3.05) is 24.5 Å². The van der Waals surface area contributed by atoms with Crippen molar-refractivity contribution in [2.45, 2.75) is 77.2 Å². The predicted octanol–water partition coefficient (Wildman–Crippen LogP) is 4.63. The first-order chi connectivity index (χ1) is 18.5. The van der Waals surface area contributed by atoms with E-state index in [-0.39, 0.29) is 36.2 Å². The second-order valence-electron chi connectivity index (χ2n) is 9.91. The van der Waals surface area contributed by atoms with Gasteiger partial charge in [0.25, 0.3) is 0 Å². The third-order valence-electron chi connectivity index (χ3n) is 7.06. The van der Waals surface area contributed by atoms with Crippen LogP contribution < -0.4 is 15.5 Å². The molecule has 0 aromatic heterocycles. The van der Waals surface area contributed by atoms with E-state index in [0.29, 0.717) is 44.3 Å². The maximum absolute atomic E-state index is 13.0. The van der Waals surface area contributed by atoms with Crippen LogP contribution in [0.1, 0.15) is 80.6 Å². The molecule has 2 amide bonds. The van der Waals surface area contributed by atoms with Gasteiger partial charge < -0.3 is 15.5 Å². The van der Waals surface area contributed by atoms with E-state index in [1.807, 2.05) is 37.3 Å². The zero-order chi connectivity index (χ0) is 27.2. The first-order valence-electron chi connectivity index (χ1n) is 14.0. The molecule has 0 radical (unpaired) electrons. The molecule has 0 bridgehead atoms. The van der Waals surface area contributed by atoms with E-state index in [1.54, 1.807) is 12.1 Å². The summed E-state index contributed by atoms with van der Waals surface area (Å²) < 4.78 is 0. The van der Waals surface area contributed by atoms with Crippen LogP contribution in [0, 0.1) is 0 Å². The van der Waals surface area contributed by atoms with E-state index in [2.05, 4.69) is 27.7 Å². The summed E-state index contributed by atoms with van der Waals surface area (Å²) in [5.41, 5.74) is 3.20. The lowest BCUT2D eigenvalue weighted by Gasteiger charge is -2.22. The molecule has 1 atom stereocenters. The summed E-state index contributed by atoms with van der Waals surface area (Å²) in [6.45, 7) is 4.01. The van der Waals surface area contributed by atoms with Gasteiger partial charge in [0.2, 0.25) is 11.8 Å². The van der Waals surface area contributed by atoms with E-state index in [4.69, 9.17) is 0 Å². The molecule has 2 N–H and O–H groups in total. The number of nitrogens with one attached hydrogen (secondary N) is 2. The van der Waals surface area contributed by atoms with E-state index >= 15 is 0 Å². The van der Waals surface area contributed by atoms with Crippen molar-refractivity contribution in [3.8, 4) is 0 Å². The topological polar surface area (TPSA) is 95.6 Å². The second-order valence-corrected chi connectivity index (χ2v) is 9.91. The third-order valence-corrected chi connectivity index (χ3v) is 7.06. The number of hydrogen-bond acceptors (Lipinski definition) is 5. The minimum atomic E-state index is -0.625. The molecule has 38 heavy (non-hydrogen) atoms. The van der Waals surface area contributed by atoms with Crippen LogP contribution in [-0.4, -0.2) is 49.1 Å². The lowest BCUT2D eigenvalue weighted by molar-refractivity contribution is -0.129. The van der Waals surface area contributed by atoms with Gasteiger partial charge >= 0.3 is 0 Å². The van der Waals surface area contributed by atoms with Crippen LogP contribution in [0.3, 0.4) is 0 Å². The van der Waals surface area contributed by atoms with Gasteiger partial charge in [-0.15, -0.1) is 0 Å². The highest BCUT2D eigenvalue weighted by atomic mass is 16.2. The van der Waals surface area contributed by atoms with Gasteiger partial charge in [0.1, 0.15) is 11.8 Å². The summed E-state index contributed by atoms with van der Waals surface area (Å²) >= 11 is 0. The predicted molar refractivity (Wildman–Crippen MR) is 150 cm³/mol. The second kappa shape index (κ2) is 15.7. The number of hydrogen-bond donors (Lipinski definition) is 2. The summed E-state index contributed by atoms with van der Waals surface area (Å²) in [5, 5.41) is 5.90. The Bertz CT molecular complexity index is 1070. The van der Waals surface area contributed by atoms with Crippen molar-refractivity contribution in [1.29, 1.82) is 0 Å². The molecule has 2 aromatic rings. The Morgan fingerprint density at radius 3 is 2.42 bits per heavy atom. The number of carbonyl (C=O) groups excluding carboxylic acids is 4. The zero-order valence-corrected chi connectivity index (χ0v) is 22.5. The van der Waals surface area contributed by atoms with Crippen LogP contribution in [0.15, 0.2) is 54.6 Å². The molecule has 0 aliphatic carbocycles. The summed E-state index contributed by atoms with van der Waals surface area (Å²) in [7, 11) is 0. The highest BCUT2D eigenvalue weighted by molar-refractivity contribution is 5.96.